The lowest BCUT2D eigenvalue weighted by atomic mass is 9.85. The third kappa shape index (κ3) is 1.83. The van der Waals surface area contributed by atoms with Crippen LogP contribution in [0.15, 0.2) is 47.6 Å². The van der Waals surface area contributed by atoms with Crippen molar-refractivity contribution in [1.29, 1.82) is 0 Å². The number of carbonyl (C=O) groups is 3. The lowest BCUT2D eigenvalue weighted by Crippen LogP contribution is -2.33. The van der Waals surface area contributed by atoms with Crippen molar-refractivity contribution in [3.63, 3.8) is 0 Å². The minimum atomic E-state index is -0.273. The van der Waals surface area contributed by atoms with Gasteiger partial charge in [-0.25, -0.2) is 4.90 Å². The van der Waals surface area contributed by atoms with Crippen molar-refractivity contribution < 1.29 is 14.4 Å². The van der Waals surface area contributed by atoms with Crippen LogP contribution in [0.2, 0.25) is 0 Å². The van der Waals surface area contributed by atoms with Gasteiger partial charge in [0, 0.05) is 17.4 Å². The van der Waals surface area contributed by atoms with Crippen LogP contribution in [0.4, 0.5) is 5.69 Å². The normalized spacial score (nSPS) is 30.3. The van der Waals surface area contributed by atoms with E-state index >= 15 is 0 Å². The monoisotopic (exact) mass is 321 g/mol. The zero-order valence-corrected chi connectivity index (χ0v) is 13.9. The molecule has 0 aromatic heterocycles. The molecule has 3 aliphatic rings. The number of allylic oxidation sites excluding steroid dienone is 4. The first-order valence-corrected chi connectivity index (χ1v) is 8.26. The molecule has 4 rings (SSSR count). The van der Waals surface area contributed by atoms with E-state index in [0.29, 0.717) is 11.3 Å². The Balaban J connectivity index is 1.71. The van der Waals surface area contributed by atoms with Crippen LogP contribution < -0.4 is 4.90 Å². The van der Waals surface area contributed by atoms with E-state index in [9.17, 15) is 14.4 Å². The maximum atomic E-state index is 13.0. The standard InChI is InChI=1S/C20H19NO3/c1-10(2)16-14-8-9-15(16)18-17(14)19(23)21(20(18)24)13-6-4-12(5-7-13)11(3)22/h4-9,14-15,17-18H,1-3H3/t14-,15+,17-,18-/m1/s1. The van der Waals surface area contributed by atoms with Crippen molar-refractivity contribution >= 4 is 23.3 Å². The Morgan fingerprint density at radius 1 is 0.875 bits per heavy atom. The summed E-state index contributed by atoms with van der Waals surface area (Å²) in [6.07, 6.45) is 4.17. The zero-order valence-electron chi connectivity index (χ0n) is 13.9. The SMILES string of the molecule is CC(=O)c1ccc(N2C(=O)[C@H]3[C@H](C2=O)[C@H]2C=C[C@@H]3C2=C(C)C)cc1. The third-order valence-electron chi connectivity index (χ3n) is 5.53. The van der Waals surface area contributed by atoms with Gasteiger partial charge in [-0.15, -0.1) is 0 Å². The molecule has 1 aromatic rings. The van der Waals surface area contributed by atoms with Gasteiger partial charge in [0.1, 0.15) is 0 Å². The van der Waals surface area contributed by atoms with Crippen molar-refractivity contribution in [3.05, 3.63) is 53.1 Å². The van der Waals surface area contributed by atoms with Crippen LogP contribution >= 0.6 is 0 Å². The molecule has 1 heterocycles. The fourth-order valence-electron chi connectivity index (χ4n) is 4.53. The summed E-state index contributed by atoms with van der Waals surface area (Å²) in [4.78, 5) is 38.6. The second kappa shape index (κ2) is 5.00. The van der Waals surface area contributed by atoms with Gasteiger partial charge >= 0.3 is 0 Å². The fraction of sp³-hybridized carbons (Fsp3) is 0.350. The molecule has 4 heteroatoms. The number of imide groups is 1. The van der Waals surface area contributed by atoms with Crippen molar-refractivity contribution in [3.8, 4) is 0 Å². The van der Waals surface area contributed by atoms with Gasteiger partial charge in [0.15, 0.2) is 5.78 Å². The average Bonchev–Trinajstić information content (AvgIpc) is 3.18. The Bertz CT molecular complexity index is 793. The predicted octanol–water partition coefficient (Wildman–Crippen LogP) is 3.15. The summed E-state index contributed by atoms with van der Waals surface area (Å²) in [5.41, 5.74) is 3.59. The largest absolute Gasteiger partial charge is 0.295 e. The highest BCUT2D eigenvalue weighted by Gasteiger charge is 2.61. The highest BCUT2D eigenvalue weighted by molar-refractivity contribution is 6.23. The molecule has 1 saturated carbocycles. The quantitative estimate of drug-likeness (QED) is 0.478. The first-order chi connectivity index (χ1) is 11.4. The number of anilines is 1. The summed E-state index contributed by atoms with van der Waals surface area (Å²) in [6, 6.07) is 6.71. The van der Waals surface area contributed by atoms with Crippen LogP contribution in [0.1, 0.15) is 31.1 Å². The molecule has 1 aromatic carbocycles. The van der Waals surface area contributed by atoms with E-state index in [1.165, 1.54) is 23.0 Å². The number of hydrogen-bond donors (Lipinski definition) is 0. The van der Waals surface area contributed by atoms with Gasteiger partial charge in [0.25, 0.3) is 0 Å². The van der Waals surface area contributed by atoms with Gasteiger partial charge in [-0.05, 0) is 45.0 Å². The summed E-state index contributed by atoms with van der Waals surface area (Å²) >= 11 is 0. The van der Waals surface area contributed by atoms with Gasteiger partial charge in [-0.3, -0.25) is 14.4 Å². The van der Waals surface area contributed by atoms with E-state index in [4.69, 9.17) is 0 Å². The molecular weight excluding hydrogens is 302 g/mol. The molecular formula is C20H19NO3. The van der Waals surface area contributed by atoms with E-state index in [1.54, 1.807) is 24.3 Å². The van der Waals surface area contributed by atoms with E-state index < -0.39 is 0 Å². The number of Topliss-reactive ketones (excluding diaryl/α,β-unsaturated/α-hetero) is 1. The third-order valence-corrected chi connectivity index (χ3v) is 5.53. The van der Waals surface area contributed by atoms with Crippen molar-refractivity contribution in [1.82, 2.24) is 0 Å². The van der Waals surface area contributed by atoms with Crippen LogP contribution in [0.25, 0.3) is 0 Å². The number of fused-ring (bicyclic) bond motifs is 5. The Kier molecular flexibility index (Phi) is 3.14. The average molecular weight is 321 g/mol. The Morgan fingerprint density at radius 2 is 1.38 bits per heavy atom. The Morgan fingerprint density at radius 3 is 1.79 bits per heavy atom. The maximum Gasteiger partial charge on any atom is 0.238 e. The minimum absolute atomic E-state index is 0.0343. The molecule has 2 aliphatic carbocycles. The van der Waals surface area contributed by atoms with Crippen molar-refractivity contribution in [2.75, 3.05) is 4.90 Å². The van der Waals surface area contributed by atoms with Gasteiger partial charge in [0.05, 0.1) is 17.5 Å². The molecule has 0 spiro atoms. The number of amides is 2. The highest BCUT2D eigenvalue weighted by atomic mass is 16.2. The predicted molar refractivity (Wildman–Crippen MR) is 90.4 cm³/mol. The first-order valence-electron chi connectivity index (χ1n) is 8.26. The van der Waals surface area contributed by atoms with Crippen LogP contribution in [0, 0.1) is 23.7 Å². The fourth-order valence-corrected chi connectivity index (χ4v) is 4.53. The van der Waals surface area contributed by atoms with Crippen LogP contribution in [0.5, 0.6) is 0 Å². The van der Waals surface area contributed by atoms with E-state index in [0.717, 1.165) is 0 Å². The number of rotatable bonds is 2. The lowest BCUT2D eigenvalue weighted by molar-refractivity contribution is -0.122. The minimum Gasteiger partial charge on any atom is -0.295 e. The molecule has 24 heavy (non-hydrogen) atoms. The van der Waals surface area contributed by atoms with Gasteiger partial charge in [-0.2, -0.15) is 0 Å². The van der Waals surface area contributed by atoms with Crippen molar-refractivity contribution in [2.45, 2.75) is 20.8 Å². The van der Waals surface area contributed by atoms with E-state index in [-0.39, 0.29) is 41.3 Å². The number of ketones is 1. The number of benzene rings is 1. The van der Waals surface area contributed by atoms with E-state index in [1.807, 2.05) is 0 Å². The summed E-state index contributed by atoms with van der Waals surface area (Å²) in [6.45, 7) is 5.60. The van der Waals surface area contributed by atoms with Crippen LogP contribution in [-0.2, 0) is 9.59 Å². The molecule has 2 amide bonds. The summed E-state index contributed by atoms with van der Waals surface area (Å²) in [5.74, 6) is -0.694. The first kappa shape index (κ1) is 15.1. The second-order valence-electron chi connectivity index (χ2n) is 7.06. The van der Waals surface area contributed by atoms with Gasteiger partial charge < -0.3 is 0 Å². The molecule has 1 aliphatic heterocycles. The summed E-state index contributed by atoms with van der Waals surface area (Å²) < 4.78 is 0. The van der Waals surface area contributed by atoms with E-state index in [2.05, 4.69) is 26.0 Å². The maximum absolute atomic E-state index is 13.0. The molecule has 0 unspecified atom stereocenters. The molecule has 4 nitrogen and oxygen atoms in total. The highest BCUT2D eigenvalue weighted by Crippen LogP contribution is 2.57. The molecule has 0 N–H and O–H groups in total. The van der Waals surface area contributed by atoms with Crippen molar-refractivity contribution in [2.24, 2.45) is 23.7 Å². The van der Waals surface area contributed by atoms with Crippen LogP contribution in [0.3, 0.4) is 0 Å². The van der Waals surface area contributed by atoms with Crippen LogP contribution in [-0.4, -0.2) is 17.6 Å². The summed E-state index contributed by atoms with van der Waals surface area (Å²) in [7, 11) is 0. The molecule has 2 fully saturated rings. The van der Waals surface area contributed by atoms with Gasteiger partial charge in [0.2, 0.25) is 11.8 Å². The Labute approximate surface area is 140 Å². The Hall–Kier alpha value is -2.49. The molecule has 0 radical (unpaired) electrons. The topological polar surface area (TPSA) is 54.5 Å². The summed E-state index contributed by atoms with van der Waals surface area (Å²) in [5, 5.41) is 0. The van der Waals surface area contributed by atoms with Gasteiger partial charge in [-0.1, -0.05) is 23.3 Å². The molecule has 1 saturated heterocycles. The lowest BCUT2D eigenvalue weighted by Gasteiger charge is -2.19. The molecule has 2 bridgehead atoms. The smallest absolute Gasteiger partial charge is 0.238 e. The zero-order chi connectivity index (χ0) is 17.2. The number of carbonyl (C=O) groups excluding carboxylic acids is 3. The second-order valence-corrected chi connectivity index (χ2v) is 7.06. The molecule has 4 atom stereocenters. The number of hydrogen-bond acceptors (Lipinski definition) is 3. The molecule has 122 valence electrons. The number of nitrogens with zero attached hydrogens (tertiary/aromatic N) is 1.